The Morgan fingerprint density at radius 2 is 2.17 bits per heavy atom. The number of nitrogens with zero attached hydrogens (tertiary/aromatic N) is 2. The summed E-state index contributed by atoms with van der Waals surface area (Å²) in [5.74, 6) is 0.192. The smallest absolute Gasteiger partial charge is 0.242 e. The molecule has 0 aromatic carbocycles. The van der Waals surface area contributed by atoms with Gasteiger partial charge in [-0.2, -0.15) is 0 Å². The molecule has 1 fully saturated rings. The van der Waals surface area contributed by atoms with Gasteiger partial charge in [0, 0.05) is 38.1 Å². The third kappa shape index (κ3) is 3.60. The molecule has 0 saturated heterocycles. The molecule has 1 aromatic rings. The van der Waals surface area contributed by atoms with Crippen LogP contribution in [0.5, 0.6) is 0 Å². The van der Waals surface area contributed by atoms with Gasteiger partial charge < -0.3 is 14.8 Å². The second kappa shape index (κ2) is 6.05. The summed E-state index contributed by atoms with van der Waals surface area (Å²) in [4.78, 5) is 13.8. The van der Waals surface area contributed by atoms with Crippen molar-refractivity contribution >= 4 is 5.91 Å². The van der Waals surface area contributed by atoms with Gasteiger partial charge in [0.05, 0.1) is 0 Å². The van der Waals surface area contributed by atoms with Gasteiger partial charge in [0.1, 0.15) is 6.54 Å². The van der Waals surface area contributed by atoms with Gasteiger partial charge in [0.15, 0.2) is 0 Å². The molecule has 100 valence electrons. The third-order valence-electron chi connectivity index (χ3n) is 3.42. The molecule has 4 nitrogen and oxygen atoms in total. The van der Waals surface area contributed by atoms with Crippen LogP contribution >= 0.6 is 0 Å². The van der Waals surface area contributed by atoms with Gasteiger partial charge >= 0.3 is 0 Å². The summed E-state index contributed by atoms with van der Waals surface area (Å²) in [5.41, 5.74) is 1.26. The Balaban J connectivity index is 1.82. The first-order chi connectivity index (χ1) is 8.72. The first kappa shape index (κ1) is 13.1. The number of hydrogen-bond acceptors (Lipinski definition) is 2. The van der Waals surface area contributed by atoms with E-state index in [1.807, 2.05) is 29.5 Å². The van der Waals surface area contributed by atoms with Crippen LogP contribution in [0.1, 0.15) is 32.3 Å². The highest BCUT2D eigenvalue weighted by atomic mass is 16.2. The highest BCUT2D eigenvalue weighted by Gasteiger charge is 2.20. The van der Waals surface area contributed by atoms with Crippen molar-refractivity contribution in [2.24, 2.45) is 0 Å². The quantitative estimate of drug-likeness (QED) is 0.797. The molecule has 2 rings (SSSR count). The highest BCUT2D eigenvalue weighted by Crippen LogP contribution is 2.19. The van der Waals surface area contributed by atoms with Gasteiger partial charge in [0.2, 0.25) is 5.91 Å². The second-order valence-electron chi connectivity index (χ2n) is 4.91. The fourth-order valence-electron chi connectivity index (χ4n) is 2.08. The summed E-state index contributed by atoms with van der Waals surface area (Å²) in [6.45, 7) is 6.96. The van der Waals surface area contributed by atoms with E-state index in [1.165, 1.54) is 18.4 Å². The Morgan fingerprint density at radius 3 is 2.78 bits per heavy atom. The summed E-state index contributed by atoms with van der Waals surface area (Å²) >= 11 is 0. The van der Waals surface area contributed by atoms with Gasteiger partial charge in [-0.15, -0.1) is 0 Å². The van der Waals surface area contributed by atoms with E-state index in [0.717, 1.165) is 25.7 Å². The van der Waals surface area contributed by atoms with Crippen molar-refractivity contribution in [3.05, 3.63) is 24.0 Å². The van der Waals surface area contributed by atoms with Gasteiger partial charge in [-0.25, -0.2) is 0 Å². The van der Waals surface area contributed by atoms with Crippen molar-refractivity contribution < 1.29 is 4.79 Å². The maximum Gasteiger partial charge on any atom is 0.242 e. The van der Waals surface area contributed by atoms with E-state index in [-0.39, 0.29) is 5.91 Å². The minimum atomic E-state index is 0.192. The number of likely N-dealkylation sites (N-methyl/N-ethyl adjacent to an activating group) is 1. The Labute approximate surface area is 109 Å². The number of rotatable bonds is 7. The molecule has 0 aliphatic heterocycles. The van der Waals surface area contributed by atoms with Crippen LogP contribution in [-0.2, 0) is 17.9 Å². The molecule has 1 aliphatic carbocycles. The number of aromatic nitrogens is 1. The summed E-state index contributed by atoms with van der Waals surface area (Å²) in [6.07, 6.45) is 6.67. The molecular formula is C14H23N3O. The molecule has 0 bridgehead atoms. The Morgan fingerprint density at radius 1 is 1.44 bits per heavy atom. The molecule has 4 heteroatoms. The van der Waals surface area contributed by atoms with E-state index in [1.54, 1.807) is 0 Å². The molecule has 18 heavy (non-hydrogen) atoms. The molecule has 0 spiro atoms. The number of amides is 1. The fraction of sp³-hybridized carbons (Fsp3) is 0.643. The lowest BCUT2D eigenvalue weighted by atomic mass is 10.3. The van der Waals surface area contributed by atoms with Crippen molar-refractivity contribution in [1.82, 2.24) is 14.8 Å². The zero-order valence-corrected chi connectivity index (χ0v) is 11.4. The molecule has 1 N–H and O–H groups in total. The van der Waals surface area contributed by atoms with Crippen molar-refractivity contribution in [2.75, 3.05) is 13.1 Å². The van der Waals surface area contributed by atoms with Gasteiger partial charge in [-0.1, -0.05) is 0 Å². The van der Waals surface area contributed by atoms with E-state index in [0.29, 0.717) is 6.54 Å². The molecule has 1 aliphatic rings. The SMILES string of the molecule is CCN(CC)C(=O)Cn1ccc(CNC2CC2)c1. The van der Waals surface area contributed by atoms with E-state index in [9.17, 15) is 4.79 Å². The van der Waals surface area contributed by atoms with Crippen molar-refractivity contribution in [1.29, 1.82) is 0 Å². The minimum Gasteiger partial charge on any atom is -0.345 e. The summed E-state index contributed by atoms with van der Waals surface area (Å²) < 4.78 is 1.98. The van der Waals surface area contributed by atoms with E-state index >= 15 is 0 Å². The van der Waals surface area contributed by atoms with Gasteiger partial charge in [0.25, 0.3) is 0 Å². The molecule has 0 atom stereocenters. The van der Waals surface area contributed by atoms with Gasteiger partial charge in [-0.3, -0.25) is 4.79 Å². The van der Waals surface area contributed by atoms with E-state index in [2.05, 4.69) is 17.6 Å². The van der Waals surface area contributed by atoms with Crippen LogP contribution in [0.15, 0.2) is 18.5 Å². The topological polar surface area (TPSA) is 37.3 Å². The zero-order chi connectivity index (χ0) is 13.0. The molecule has 0 unspecified atom stereocenters. The van der Waals surface area contributed by atoms with Crippen LogP contribution < -0.4 is 5.32 Å². The maximum absolute atomic E-state index is 11.9. The molecule has 1 amide bonds. The fourth-order valence-corrected chi connectivity index (χ4v) is 2.08. The minimum absolute atomic E-state index is 0.192. The monoisotopic (exact) mass is 249 g/mol. The Hall–Kier alpha value is -1.29. The van der Waals surface area contributed by atoms with Crippen molar-refractivity contribution in [2.45, 2.75) is 45.8 Å². The number of carbonyl (C=O) groups excluding carboxylic acids is 1. The van der Waals surface area contributed by atoms with Crippen molar-refractivity contribution in [3.8, 4) is 0 Å². The average Bonchev–Trinajstić information content (AvgIpc) is 3.09. The van der Waals surface area contributed by atoms with Crippen LogP contribution in [0.25, 0.3) is 0 Å². The molecule has 1 heterocycles. The molecular weight excluding hydrogens is 226 g/mol. The van der Waals surface area contributed by atoms with Crippen LogP contribution in [-0.4, -0.2) is 34.5 Å². The lowest BCUT2D eigenvalue weighted by Crippen LogP contribution is -2.33. The number of hydrogen-bond donors (Lipinski definition) is 1. The molecule has 0 radical (unpaired) electrons. The van der Waals surface area contributed by atoms with Crippen LogP contribution in [0.4, 0.5) is 0 Å². The first-order valence-corrected chi connectivity index (χ1v) is 6.88. The zero-order valence-electron chi connectivity index (χ0n) is 11.4. The lowest BCUT2D eigenvalue weighted by molar-refractivity contribution is -0.131. The Kier molecular flexibility index (Phi) is 4.42. The average molecular weight is 249 g/mol. The highest BCUT2D eigenvalue weighted by molar-refractivity contribution is 5.75. The first-order valence-electron chi connectivity index (χ1n) is 6.88. The van der Waals surface area contributed by atoms with Crippen LogP contribution in [0.2, 0.25) is 0 Å². The summed E-state index contributed by atoms with van der Waals surface area (Å²) in [7, 11) is 0. The maximum atomic E-state index is 11.9. The van der Waals surface area contributed by atoms with Crippen molar-refractivity contribution in [3.63, 3.8) is 0 Å². The predicted molar refractivity (Wildman–Crippen MR) is 72.2 cm³/mol. The van der Waals surface area contributed by atoms with Crippen LogP contribution in [0, 0.1) is 0 Å². The lowest BCUT2D eigenvalue weighted by Gasteiger charge is -2.18. The third-order valence-corrected chi connectivity index (χ3v) is 3.42. The summed E-state index contributed by atoms with van der Waals surface area (Å²) in [6, 6.07) is 2.82. The van der Waals surface area contributed by atoms with E-state index < -0.39 is 0 Å². The van der Waals surface area contributed by atoms with E-state index in [4.69, 9.17) is 0 Å². The summed E-state index contributed by atoms with van der Waals surface area (Å²) in [5, 5.41) is 3.48. The second-order valence-corrected chi connectivity index (χ2v) is 4.91. The standard InChI is InChI=1S/C14H23N3O/c1-3-17(4-2)14(18)11-16-8-7-12(10-16)9-15-13-5-6-13/h7-8,10,13,15H,3-6,9,11H2,1-2H3. The van der Waals surface area contributed by atoms with Gasteiger partial charge in [-0.05, 0) is 38.3 Å². The normalized spacial score (nSPS) is 14.8. The van der Waals surface area contributed by atoms with Crippen LogP contribution in [0.3, 0.4) is 0 Å². The molecule has 1 aromatic heterocycles. The molecule has 1 saturated carbocycles. The number of nitrogens with one attached hydrogen (secondary N) is 1. The largest absolute Gasteiger partial charge is 0.345 e. The number of carbonyl (C=O) groups is 1. The predicted octanol–water partition coefficient (Wildman–Crippen LogP) is 1.61. The Bertz CT molecular complexity index is 391.